The van der Waals surface area contributed by atoms with E-state index >= 15 is 0 Å². The van der Waals surface area contributed by atoms with E-state index in [1.165, 1.54) is 0 Å². The fourth-order valence-corrected chi connectivity index (χ4v) is 1.98. The smallest absolute Gasteiger partial charge is 0.248 e. The van der Waals surface area contributed by atoms with Crippen molar-refractivity contribution in [2.45, 2.75) is 0 Å². The molecule has 108 valence electrons. The van der Waals surface area contributed by atoms with E-state index in [4.69, 9.17) is 22.7 Å². The standard InChI is InChI=1S/C15H15N3O2S/c1-20-13-5-3-2-4-12(13)18-15(21)17-11-8-6-10(7-9-11)14(16)19/h2-9H,1H3,(H2,16,19)(H2,17,18,21). The summed E-state index contributed by atoms with van der Waals surface area (Å²) in [6.07, 6.45) is 0. The van der Waals surface area contributed by atoms with E-state index in [0.717, 1.165) is 11.4 Å². The van der Waals surface area contributed by atoms with Crippen LogP contribution in [0.25, 0.3) is 0 Å². The van der Waals surface area contributed by atoms with E-state index in [1.807, 2.05) is 24.3 Å². The van der Waals surface area contributed by atoms with Gasteiger partial charge in [0, 0.05) is 11.3 Å². The summed E-state index contributed by atoms with van der Waals surface area (Å²) in [6.45, 7) is 0. The predicted octanol–water partition coefficient (Wildman–Crippen LogP) is 2.60. The van der Waals surface area contributed by atoms with Crippen molar-refractivity contribution in [3.05, 3.63) is 54.1 Å². The Labute approximate surface area is 128 Å². The van der Waals surface area contributed by atoms with Crippen molar-refractivity contribution < 1.29 is 9.53 Å². The number of nitrogens with one attached hydrogen (secondary N) is 2. The summed E-state index contributed by atoms with van der Waals surface area (Å²) in [5.74, 6) is 0.238. The summed E-state index contributed by atoms with van der Waals surface area (Å²) in [6, 6.07) is 14.2. The molecule has 5 nitrogen and oxygen atoms in total. The largest absolute Gasteiger partial charge is 0.495 e. The van der Waals surface area contributed by atoms with E-state index in [2.05, 4.69) is 10.6 Å². The minimum absolute atomic E-state index is 0.423. The van der Waals surface area contributed by atoms with Crippen molar-refractivity contribution in [1.82, 2.24) is 0 Å². The number of methoxy groups -OCH3 is 1. The first-order valence-electron chi connectivity index (χ1n) is 6.21. The van der Waals surface area contributed by atoms with E-state index in [1.54, 1.807) is 31.4 Å². The molecule has 2 aromatic rings. The van der Waals surface area contributed by atoms with Crippen LogP contribution < -0.4 is 21.1 Å². The molecule has 0 aliphatic rings. The third-order valence-electron chi connectivity index (χ3n) is 2.78. The summed E-state index contributed by atoms with van der Waals surface area (Å²) in [4.78, 5) is 11.0. The van der Waals surface area contributed by atoms with Crippen LogP contribution in [-0.4, -0.2) is 18.1 Å². The van der Waals surface area contributed by atoms with Crippen LogP contribution in [0.2, 0.25) is 0 Å². The number of primary amides is 1. The van der Waals surface area contributed by atoms with E-state index in [-0.39, 0.29) is 0 Å². The number of thiocarbonyl (C=S) groups is 1. The van der Waals surface area contributed by atoms with Gasteiger partial charge in [0.2, 0.25) is 5.91 Å². The third kappa shape index (κ3) is 3.93. The normalized spacial score (nSPS) is 9.76. The van der Waals surface area contributed by atoms with Crippen molar-refractivity contribution in [2.75, 3.05) is 17.7 Å². The van der Waals surface area contributed by atoms with Crippen molar-refractivity contribution in [3.63, 3.8) is 0 Å². The molecule has 0 bridgehead atoms. The van der Waals surface area contributed by atoms with Crippen molar-refractivity contribution in [3.8, 4) is 5.75 Å². The highest BCUT2D eigenvalue weighted by atomic mass is 32.1. The third-order valence-corrected chi connectivity index (χ3v) is 2.99. The number of nitrogens with two attached hydrogens (primary N) is 1. The quantitative estimate of drug-likeness (QED) is 0.757. The zero-order valence-electron chi connectivity index (χ0n) is 11.4. The average molecular weight is 301 g/mol. The molecule has 0 saturated heterocycles. The Kier molecular flexibility index (Phi) is 4.73. The Bertz CT molecular complexity index is 656. The lowest BCUT2D eigenvalue weighted by Crippen LogP contribution is -2.19. The fraction of sp³-hybridized carbons (Fsp3) is 0.0667. The van der Waals surface area contributed by atoms with Crippen molar-refractivity contribution in [1.29, 1.82) is 0 Å². The first-order chi connectivity index (χ1) is 10.1. The van der Waals surface area contributed by atoms with Crippen LogP contribution in [-0.2, 0) is 0 Å². The van der Waals surface area contributed by atoms with Gasteiger partial charge >= 0.3 is 0 Å². The Balaban J connectivity index is 2.03. The molecule has 2 rings (SSSR count). The number of rotatable bonds is 4. The molecular formula is C15H15N3O2S. The molecule has 0 aromatic heterocycles. The summed E-state index contributed by atoms with van der Waals surface area (Å²) in [5.41, 5.74) is 7.16. The van der Waals surface area contributed by atoms with Gasteiger partial charge in [0.05, 0.1) is 12.8 Å². The number of anilines is 2. The Hall–Kier alpha value is -2.60. The van der Waals surface area contributed by atoms with Crippen molar-refractivity contribution >= 4 is 34.6 Å². The molecule has 0 fully saturated rings. The van der Waals surface area contributed by atoms with Crippen LogP contribution in [0.15, 0.2) is 48.5 Å². The monoisotopic (exact) mass is 301 g/mol. The average Bonchev–Trinajstić information content (AvgIpc) is 2.48. The molecule has 0 radical (unpaired) electrons. The topological polar surface area (TPSA) is 76.4 Å². The highest BCUT2D eigenvalue weighted by Crippen LogP contribution is 2.23. The van der Waals surface area contributed by atoms with Gasteiger partial charge in [-0.15, -0.1) is 0 Å². The van der Waals surface area contributed by atoms with E-state index in [0.29, 0.717) is 16.4 Å². The Morgan fingerprint density at radius 2 is 1.76 bits per heavy atom. The minimum Gasteiger partial charge on any atom is -0.495 e. The molecule has 0 spiro atoms. The van der Waals surface area contributed by atoms with E-state index in [9.17, 15) is 4.79 Å². The summed E-state index contributed by atoms with van der Waals surface area (Å²) in [7, 11) is 1.60. The van der Waals surface area contributed by atoms with Gasteiger partial charge in [-0.25, -0.2) is 0 Å². The zero-order chi connectivity index (χ0) is 15.2. The molecule has 21 heavy (non-hydrogen) atoms. The van der Waals surface area contributed by atoms with Gasteiger partial charge in [0.25, 0.3) is 0 Å². The number of benzene rings is 2. The highest BCUT2D eigenvalue weighted by Gasteiger charge is 2.05. The van der Waals surface area contributed by atoms with Gasteiger partial charge in [0.1, 0.15) is 5.75 Å². The van der Waals surface area contributed by atoms with Gasteiger partial charge in [0.15, 0.2) is 5.11 Å². The van der Waals surface area contributed by atoms with Crippen LogP contribution >= 0.6 is 12.2 Å². The second-order valence-electron chi connectivity index (χ2n) is 4.22. The zero-order valence-corrected chi connectivity index (χ0v) is 12.2. The lowest BCUT2D eigenvalue weighted by atomic mass is 10.2. The number of ether oxygens (including phenoxy) is 1. The molecule has 0 aliphatic carbocycles. The van der Waals surface area contributed by atoms with Crippen LogP contribution in [0.1, 0.15) is 10.4 Å². The van der Waals surface area contributed by atoms with Crippen molar-refractivity contribution in [2.24, 2.45) is 5.73 Å². The summed E-state index contributed by atoms with van der Waals surface area (Å²) in [5, 5.41) is 6.49. The molecule has 0 unspecified atom stereocenters. The van der Waals surface area contributed by atoms with Crippen LogP contribution in [0.4, 0.5) is 11.4 Å². The van der Waals surface area contributed by atoms with Gasteiger partial charge < -0.3 is 21.1 Å². The maximum Gasteiger partial charge on any atom is 0.248 e. The Morgan fingerprint density at radius 3 is 2.38 bits per heavy atom. The number of hydrogen-bond acceptors (Lipinski definition) is 3. The number of para-hydroxylation sites is 2. The predicted molar refractivity (Wildman–Crippen MR) is 87.8 cm³/mol. The fourth-order valence-electron chi connectivity index (χ4n) is 1.75. The minimum atomic E-state index is -0.462. The van der Waals surface area contributed by atoms with Crippen LogP contribution in [0.5, 0.6) is 5.75 Å². The number of carbonyl (C=O) groups excluding carboxylic acids is 1. The molecule has 4 N–H and O–H groups in total. The maximum absolute atomic E-state index is 11.0. The lowest BCUT2D eigenvalue weighted by Gasteiger charge is -2.13. The molecule has 2 aromatic carbocycles. The first kappa shape index (κ1) is 14.8. The highest BCUT2D eigenvalue weighted by molar-refractivity contribution is 7.80. The molecule has 0 aliphatic heterocycles. The molecule has 6 heteroatoms. The van der Waals surface area contributed by atoms with E-state index < -0.39 is 5.91 Å². The van der Waals surface area contributed by atoms with Crippen LogP contribution in [0, 0.1) is 0 Å². The second-order valence-corrected chi connectivity index (χ2v) is 4.63. The molecule has 1 amide bonds. The number of carbonyl (C=O) groups is 1. The first-order valence-corrected chi connectivity index (χ1v) is 6.62. The molecular weight excluding hydrogens is 286 g/mol. The number of hydrogen-bond donors (Lipinski definition) is 3. The molecule has 0 heterocycles. The van der Waals surface area contributed by atoms with Crippen LogP contribution in [0.3, 0.4) is 0 Å². The Morgan fingerprint density at radius 1 is 1.10 bits per heavy atom. The van der Waals surface area contributed by atoms with Gasteiger partial charge in [-0.3, -0.25) is 4.79 Å². The maximum atomic E-state index is 11.0. The summed E-state index contributed by atoms with van der Waals surface area (Å²) >= 11 is 5.24. The molecule has 0 saturated carbocycles. The SMILES string of the molecule is COc1ccccc1NC(=S)Nc1ccc(C(N)=O)cc1. The molecule has 0 atom stereocenters. The van der Waals surface area contributed by atoms with Gasteiger partial charge in [-0.05, 0) is 48.6 Å². The lowest BCUT2D eigenvalue weighted by molar-refractivity contribution is 0.100. The van der Waals surface area contributed by atoms with Gasteiger partial charge in [-0.1, -0.05) is 12.1 Å². The summed E-state index contributed by atoms with van der Waals surface area (Å²) < 4.78 is 5.24. The van der Waals surface area contributed by atoms with Gasteiger partial charge in [-0.2, -0.15) is 0 Å². The number of amides is 1. The second kappa shape index (κ2) is 6.71.